The Labute approximate surface area is 85.8 Å². The third kappa shape index (κ3) is 3.29. The van der Waals surface area contributed by atoms with Gasteiger partial charge in [0.15, 0.2) is 0 Å². The van der Waals surface area contributed by atoms with E-state index in [1.54, 1.807) is 7.11 Å². The van der Waals surface area contributed by atoms with E-state index < -0.39 is 0 Å². The third-order valence-electron chi connectivity index (χ3n) is 3.02. The normalized spacial score (nSPS) is 29.6. The van der Waals surface area contributed by atoms with Gasteiger partial charge < -0.3 is 9.47 Å². The van der Waals surface area contributed by atoms with Gasteiger partial charge in [0.2, 0.25) is 0 Å². The van der Waals surface area contributed by atoms with Crippen LogP contribution in [0.1, 0.15) is 39.5 Å². The standard InChI is InChI=1S/C11H20O3/c1-8(14-9(2)12)10-5-4-6-11(7-10)13-3/h8,10-11H,4-7H2,1-3H3. The smallest absolute Gasteiger partial charge is 0.302 e. The summed E-state index contributed by atoms with van der Waals surface area (Å²) in [4.78, 5) is 10.8. The first-order valence-corrected chi connectivity index (χ1v) is 5.33. The van der Waals surface area contributed by atoms with Gasteiger partial charge in [0, 0.05) is 14.0 Å². The monoisotopic (exact) mass is 200 g/mol. The highest BCUT2D eigenvalue weighted by Gasteiger charge is 2.27. The summed E-state index contributed by atoms with van der Waals surface area (Å²) in [6, 6.07) is 0. The molecule has 0 aromatic carbocycles. The number of esters is 1. The molecule has 1 aliphatic carbocycles. The van der Waals surface area contributed by atoms with Gasteiger partial charge in [-0.1, -0.05) is 6.42 Å². The van der Waals surface area contributed by atoms with Crippen LogP contribution in [0.5, 0.6) is 0 Å². The second kappa shape index (κ2) is 5.35. The van der Waals surface area contributed by atoms with Gasteiger partial charge in [0.05, 0.1) is 6.10 Å². The number of carbonyl (C=O) groups is 1. The van der Waals surface area contributed by atoms with Crippen molar-refractivity contribution >= 4 is 5.97 Å². The van der Waals surface area contributed by atoms with E-state index in [0.717, 1.165) is 19.3 Å². The Morgan fingerprint density at radius 1 is 1.43 bits per heavy atom. The largest absolute Gasteiger partial charge is 0.463 e. The summed E-state index contributed by atoms with van der Waals surface area (Å²) in [6.45, 7) is 3.44. The number of methoxy groups -OCH3 is 1. The Kier molecular flexibility index (Phi) is 4.39. The maximum atomic E-state index is 10.8. The molecule has 3 atom stereocenters. The van der Waals surface area contributed by atoms with Crippen LogP contribution in [-0.4, -0.2) is 25.3 Å². The summed E-state index contributed by atoms with van der Waals surface area (Å²) < 4.78 is 10.5. The fourth-order valence-electron chi connectivity index (χ4n) is 2.18. The van der Waals surface area contributed by atoms with E-state index in [9.17, 15) is 4.79 Å². The highest BCUT2D eigenvalue weighted by atomic mass is 16.5. The van der Waals surface area contributed by atoms with Crippen LogP contribution >= 0.6 is 0 Å². The molecule has 0 saturated heterocycles. The van der Waals surface area contributed by atoms with Crippen molar-refractivity contribution < 1.29 is 14.3 Å². The Morgan fingerprint density at radius 2 is 2.14 bits per heavy atom. The van der Waals surface area contributed by atoms with E-state index in [2.05, 4.69) is 0 Å². The summed E-state index contributed by atoms with van der Waals surface area (Å²) in [5.41, 5.74) is 0. The summed E-state index contributed by atoms with van der Waals surface area (Å²) in [7, 11) is 1.75. The van der Waals surface area contributed by atoms with Crippen LogP contribution in [0.15, 0.2) is 0 Å². The van der Waals surface area contributed by atoms with Crippen LogP contribution in [0.3, 0.4) is 0 Å². The predicted octanol–water partition coefficient (Wildman–Crippen LogP) is 2.14. The lowest BCUT2D eigenvalue weighted by molar-refractivity contribution is -0.149. The molecule has 3 unspecified atom stereocenters. The number of ether oxygens (including phenoxy) is 2. The molecule has 1 saturated carbocycles. The average Bonchev–Trinajstić information content (AvgIpc) is 2.17. The van der Waals surface area contributed by atoms with E-state index in [0.29, 0.717) is 12.0 Å². The summed E-state index contributed by atoms with van der Waals surface area (Å²) in [6.07, 6.45) is 4.87. The minimum atomic E-state index is -0.183. The molecule has 1 fully saturated rings. The first kappa shape index (κ1) is 11.5. The van der Waals surface area contributed by atoms with Crippen molar-refractivity contribution in [3.63, 3.8) is 0 Å². The van der Waals surface area contributed by atoms with Gasteiger partial charge in [-0.2, -0.15) is 0 Å². The molecular weight excluding hydrogens is 180 g/mol. The fraction of sp³-hybridized carbons (Fsp3) is 0.909. The quantitative estimate of drug-likeness (QED) is 0.655. The SMILES string of the molecule is COC1CCCC(C(C)OC(C)=O)C1. The fourth-order valence-corrected chi connectivity index (χ4v) is 2.18. The minimum absolute atomic E-state index is 0.0328. The first-order valence-electron chi connectivity index (χ1n) is 5.33. The molecule has 0 heterocycles. The zero-order valence-corrected chi connectivity index (χ0v) is 9.29. The van der Waals surface area contributed by atoms with Crippen LogP contribution in [0.4, 0.5) is 0 Å². The molecule has 0 radical (unpaired) electrons. The maximum Gasteiger partial charge on any atom is 0.302 e. The van der Waals surface area contributed by atoms with E-state index in [4.69, 9.17) is 9.47 Å². The van der Waals surface area contributed by atoms with Crippen LogP contribution in [0.2, 0.25) is 0 Å². The van der Waals surface area contributed by atoms with Crippen LogP contribution in [-0.2, 0) is 14.3 Å². The summed E-state index contributed by atoms with van der Waals surface area (Å²) in [5, 5.41) is 0. The van der Waals surface area contributed by atoms with Crippen molar-refractivity contribution in [3.05, 3.63) is 0 Å². The second-order valence-electron chi connectivity index (χ2n) is 4.10. The molecule has 0 aromatic rings. The lowest BCUT2D eigenvalue weighted by atomic mass is 9.84. The molecule has 1 rings (SSSR count). The van der Waals surface area contributed by atoms with Crippen molar-refractivity contribution in [2.24, 2.45) is 5.92 Å². The molecular formula is C11H20O3. The highest BCUT2D eigenvalue weighted by molar-refractivity contribution is 5.66. The van der Waals surface area contributed by atoms with Gasteiger partial charge in [0.1, 0.15) is 6.10 Å². The van der Waals surface area contributed by atoms with Gasteiger partial charge in [0.25, 0.3) is 0 Å². The molecule has 0 amide bonds. The molecule has 0 spiro atoms. The van der Waals surface area contributed by atoms with Gasteiger partial charge in [-0.3, -0.25) is 4.79 Å². The number of rotatable bonds is 3. The molecule has 0 aromatic heterocycles. The average molecular weight is 200 g/mol. The van der Waals surface area contributed by atoms with Gasteiger partial charge in [-0.15, -0.1) is 0 Å². The van der Waals surface area contributed by atoms with Gasteiger partial charge in [-0.05, 0) is 32.1 Å². The predicted molar refractivity (Wildman–Crippen MR) is 54.0 cm³/mol. The topological polar surface area (TPSA) is 35.5 Å². The molecule has 0 bridgehead atoms. The minimum Gasteiger partial charge on any atom is -0.463 e. The summed E-state index contributed by atoms with van der Waals surface area (Å²) in [5.74, 6) is 0.287. The van der Waals surface area contributed by atoms with Crippen LogP contribution in [0, 0.1) is 5.92 Å². The molecule has 3 nitrogen and oxygen atoms in total. The highest BCUT2D eigenvalue weighted by Crippen LogP contribution is 2.29. The molecule has 1 aliphatic rings. The van der Waals surface area contributed by atoms with Gasteiger partial charge >= 0.3 is 5.97 Å². The zero-order chi connectivity index (χ0) is 10.6. The molecule has 14 heavy (non-hydrogen) atoms. The molecule has 3 heteroatoms. The van der Waals surface area contributed by atoms with Crippen molar-refractivity contribution in [1.29, 1.82) is 0 Å². The van der Waals surface area contributed by atoms with Crippen LogP contribution < -0.4 is 0 Å². The van der Waals surface area contributed by atoms with E-state index in [1.807, 2.05) is 6.92 Å². The lowest BCUT2D eigenvalue weighted by Gasteiger charge is -2.31. The van der Waals surface area contributed by atoms with Crippen molar-refractivity contribution in [2.75, 3.05) is 7.11 Å². The van der Waals surface area contributed by atoms with Gasteiger partial charge in [-0.25, -0.2) is 0 Å². The van der Waals surface area contributed by atoms with Crippen molar-refractivity contribution in [2.45, 2.75) is 51.7 Å². The maximum absolute atomic E-state index is 10.8. The molecule has 0 aliphatic heterocycles. The number of hydrogen-bond donors (Lipinski definition) is 0. The Hall–Kier alpha value is -0.570. The van der Waals surface area contributed by atoms with E-state index in [-0.39, 0.29) is 12.1 Å². The Balaban J connectivity index is 2.38. The van der Waals surface area contributed by atoms with Crippen molar-refractivity contribution in [3.8, 4) is 0 Å². The van der Waals surface area contributed by atoms with E-state index >= 15 is 0 Å². The molecule has 82 valence electrons. The Morgan fingerprint density at radius 3 is 2.71 bits per heavy atom. The van der Waals surface area contributed by atoms with Crippen LogP contribution in [0.25, 0.3) is 0 Å². The first-order chi connectivity index (χ1) is 6.63. The number of carbonyl (C=O) groups excluding carboxylic acids is 1. The number of hydrogen-bond acceptors (Lipinski definition) is 3. The van der Waals surface area contributed by atoms with E-state index in [1.165, 1.54) is 13.3 Å². The second-order valence-corrected chi connectivity index (χ2v) is 4.10. The zero-order valence-electron chi connectivity index (χ0n) is 9.29. The molecule has 0 N–H and O–H groups in total. The Bertz CT molecular complexity index is 191. The summed E-state index contributed by atoms with van der Waals surface area (Å²) >= 11 is 0. The van der Waals surface area contributed by atoms with Crippen molar-refractivity contribution in [1.82, 2.24) is 0 Å². The lowest BCUT2D eigenvalue weighted by Crippen LogP contribution is -2.31. The third-order valence-corrected chi connectivity index (χ3v) is 3.02.